The van der Waals surface area contributed by atoms with Crippen LogP contribution in [-0.2, 0) is 6.54 Å². The van der Waals surface area contributed by atoms with E-state index in [0.717, 1.165) is 25.4 Å². The van der Waals surface area contributed by atoms with Gasteiger partial charge in [0.05, 0.1) is 6.54 Å². The summed E-state index contributed by atoms with van der Waals surface area (Å²) < 4.78 is 5.32. The molecule has 3 rings (SSSR count). The first-order valence-corrected chi connectivity index (χ1v) is 7.21. The lowest BCUT2D eigenvalue weighted by atomic mass is 9.77. The van der Waals surface area contributed by atoms with Crippen molar-refractivity contribution < 1.29 is 14.3 Å². The molecule has 4 heteroatoms. The maximum Gasteiger partial charge on any atom is 0.371 e. The van der Waals surface area contributed by atoms with Gasteiger partial charge in [0.2, 0.25) is 5.76 Å². The molecule has 1 aromatic heterocycles. The molecule has 1 aliphatic carbocycles. The van der Waals surface area contributed by atoms with E-state index in [9.17, 15) is 4.79 Å². The van der Waals surface area contributed by atoms with Gasteiger partial charge < -0.3 is 9.52 Å². The monoisotopic (exact) mass is 263 g/mol. The van der Waals surface area contributed by atoms with Crippen LogP contribution in [0.25, 0.3) is 0 Å². The van der Waals surface area contributed by atoms with Crippen molar-refractivity contribution in [3.63, 3.8) is 0 Å². The van der Waals surface area contributed by atoms with Crippen molar-refractivity contribution in [2.24, 2.45) is 5.41 Å². The molecule has 1 spiro atoms. The number of carboxylic acid groups (broad SMARTS) is 1. The molecule has 0 radical (unpaired) electrons. The Morgan fingerprint density at radius 1 is 1.21 bits per heavy atom. The van der Waals surface area contributed by atoms with Crippen LogP contribution in [0, 0.1) is 5.41 Å². The molecule has 4 nitrogen and oxygen atoms in total. The van der Waals surface area contributed by atoms with Gasteiger partial charge in [-0.3, -0.25) is 4.90 Å². The van der Waals surface area contributed by atoms with E-state index in [1.54, 1.807) is 12.1 Å². The fraction of sp³-hybridized carbons (Fsp3) is 0.667. The highest BCUT2D eigenvalue weighted by Crippen LogP contribution is 2.46. The van der Waals surface area contributed by atoms with E-state index in [2.05, 4.69) is 4.90 Å². The second kappa shape index (κ2) is 5.00. The standard InChI is InChI=1S/C15H21NO3/c17-14(18)13-4-3-12(19-13)11-16-9-7-15(8-10-16)5-1-2-6-15/h3-4H,1-2,5-11H2,(H,17,18). The maximum atomic E-state index is 10.8. The van der Waals surface area contributed by atoms with E-state index in [1.807, 2.05) is 0 Å². The van der Waals surface area contributed by atoms with Crippen LogP contribution in [-0.4, -0.2) is 29.1 Å². The number of carbonyl (C=O) groups is 1. The van der Waals surface area contributed by atoms with E-state index in [0.29, 0.717) is 5.41 Å². The van der Waals surface area contributed by atoms with Crippen LogP contribution in [0.1, 0.15) is 54.8 Å². The molecule has 1 saturated carbocycles. The third kappa shape index (κ3) is 2.68. The Kier molecular flexibility index (Phi) is 3.35. The van der Waals surface area contributed by atoms with Crippen molar-refractivity contribution in [2.45, 2.75) is 45.1 Å². The Morgan fingerprint density at radius 2 is 1.89 bits per heavy atom. The summed E-state index contributed by atoms with van der Waals surface area (Å²) in [6, 6.07) is 3.32. The van der Waals surface area contributed by atoms with Gasteiger partial charge in [0.25, 0.3) is 0 Å². The molecule has 0 atom stereocenters. The average Bonchev–Trinajstić information content (AvgIpc) is 3.02. The molecule has 19 heavy (non-hydrogen) atoms. The van der Waals surface area contributed by atoms with Gasteiger partial charge in [-0.2, -0.15) is 0 Å². The number of carboxylic acids is 1. The number of rotatable bonds is 3. The summed E-state index contributed by atoms with van der Waals surface area (Å²) in [6.07, 6.45) is 8.20. The maximum absolute atomic E-state index is 10.8. The minimum atomic E-state index is -0.991. The predicted molar refractivity (Wildman–Crippen MR) is 71.1 cm³/mol. The molecule has 1 aromatic rings. The van der Waals surface area contributed by atoms with E-state index >= 15 is 0 Å². The lowest BCUT2D eigenvalue weighted by Crippen LogP contribution is -2.38. The highest BCUT2D eigenvalue weighted by Gasteiger charge is 2.36. The average molecular weight is 263 g/mol. The fourth-order valence-corrected chi connectivity index (χ4v) is 3.61. The minimum Gasteiger partial charge on any atom is -0.475 e. The smallest absolute Gasteiger partial charge is 0.371 e. The van der Waals surface area contributed by atoms with Gasteiger partial charge in [0.1, 0.15) is 5.76 Å². The minimum absolute atomic E-state index is 0.0410. The molecule has 0 unspecified atom stereocenters. The number of hydrogen-bond acceptors (Lipinski definition) is 3. The molecular formula is C15H21NO3. The number of nitrogens with zero attached hydrogens (tertiary/aromatic N) is 1. The second-order valence-electron chi connectivity index (χ2n) is 6.05. The third-order valence-corrected chi connectivity index (χ3v) is 4.83. The molecule has 1 aliphatic heterocycles. The Balaban J connectivity index is 1.55. The van der Waals surface area contributed by atoms with Gasteiger partial charge in [-0.05, 0) is 56.3 Å². The van der Waals surface area contributed by atoms with Crippen molar-refractivity contribution in [1.29, 1.82) is 0 Å². The summed E-state index contributed by atoms with van der Waals surface area (Å²) in [4.78, 5) is 13.2. The zero-order valence-electron chi connectivity index (χ0n) is 11.2. The summed E-state index contributed by atoms with van der Waals surface area (Å²) in [6.45, 7) is 2.97. The number of aromatic carboxylic acids is 1. The Morgan fingerprint density at radius 3 is 2.47 bits per heavy atom. The van der Waals surface area contributed by atoms with Gasteiger partial charge in [-0.15, -0.1) is 0 Å². The van der Waals surface area contributed by atoms with Crippen molar-refractivity contribution in [3.05, 3.63) is 23.7 Å². The molecule has 2 fully saturated rings. The highest BCUT2D eigenvalue weighted by molar-refractivity contribution is 5.84. The van der Waals surface area contributed by atoms with Gasteiger partial charge >= 0.3 is 5.97 Å². The van der Waals surface area contributed by atoms with Gasteiger partial charge in [-0.1, -0.05) is 12.8 Å². The van der Waals surface area contributed by atoms with Gasteiger partial charge in [0.15, 0.2) is 0 Å². The summed E-state index contributed by atoms with van der Waals surface area (Å²) in [7, 11) is 0. The normalized spacial score (nSPS) is 22.9. The van der Waals surface area contributed by atoms with E-state index in [1.165, 1.54) is 38.5 Å². The van der Waals surface area contributed by atoms with Gasteiger partial charge in [0, 0.05) is 0 Å². The first kappa shape index (κ1) is 12.7. The van der Waals surface area contributed by atoms with Crippen LogP contribution in [0.2, 0.25) is 0 Å². The SMILES string of the molecule is O=C(O)c1ccc(CN2CCC3(CCCC3)CC2)o1. The van der Waals surface area contributed by atoms with Crippen LogP contribution in [0.4, 0.5) is 0 Å². The van der Waals surface area contributed by atoms with E-state index < -0.39 is 5.97 Å². The fourth-order valence-electron chi connectivity index (χ4n) is 3.61. The van der Waals surface area contributed by atoms with Gasteiger partial charge in [-0.25, -0.2) is 4.79 Å². The van der Waals surface area contributed by atoms with Crippen molar-refractivity contribution in [3.8, 4) is 0 Å². The quantitative estimate of drug-likeness (QED) is 0.910. The lowest BCUT2D eigenvalue weighted by molar-refractivity contribution is 0.0653. The molecule has 104 valence electrons. The first-order chi connectivity index (χ1) is 9.17. The summed E-state index contributed by atoms with van der Waals surface area (Å²) >= 11 is 0. The number of likely N-dealkylation sites (tertiary alicyclic amines) is 1. The molecule has 0 aromatic carbocycles. The van der Waals surface area contributed by atoms with E-state index in [4.69, 9.17) is 9.52 Å². The number of furan rings is 1. The zero-order valence-corrected chi connectivity index (χ0v) is 11.2. The van der Waals surface area contributed by atoms with E-state index in [-0.39, 0.29) is 5.76 Å². The summed E-state index contributed by atoms with van der Waals surface area (Å²) in [5.74, 6) is -0.186. The van der Waals surface area contributed by atoms with Crippen LogP contribution in [0.3, 0.4) is 0 Å². The number of piperidine rings is 1. The van der Waals surface area contributed by atoms with Crippen LogP contribution >= 0.6 is 0 Å². The first-order valence-electron chi connectivity index (χ1n) is 7.21. The summed E-state index contributed by atoms with van der Waals surface area (Å²) in [5, 5.41) is 8.84. The van der Waals surface area contributed by atoms with Crippen molar-refractivity contribution in [2.75, 3.05) is 13.1 Å². The molecule has 1 saturated heterocycles. The molecule has 2 aliphatic rings. The third-order valence-electron chi connectivity index (χ3n) is 4.83. The van der Waals surface area contributed by atoms with Crippen molar-refractivity contribution in [1.82, 2.24) is 4.90 Å². The molecule has 1 N–H and O–H groups in total. The van der Waals surface area contributed by atoms with Crippen molar-refractivity contribution >= 4 is 5.97 Å². The zero-order chi connectivity index (χ0) is 13.3. The Labute approximate surface area is 113 Å². The Hall–Kier alpha value is -1.29. The Bertz CT molecular complexity index is 450. The van der Waals surface area contributed by atoms with Crippen LogP contribution < -0.4 is 0 Å². The topological polar surface area (TPSA) is 53.7 Å². The molecule has 0 amide bonds. The number of hydrogen-bond donors (Lipinski definition) is 1. The van der Waals surface area contributed by atoms with Crippen LogP contribution in [0.15, 0.2) is 16.5 Å². The second-order valence-corrected chi connectivity index (χ2v) is 6.05. The largest absolute Gasteiger partial charge is 0.475 e. The molecular weight excluding hydrogens is 242 g/mol. The lowest BCUT2D eigenvalue weighted by Gasteiger charge is -2.39. The van der Waals surface area contributed by atoms with Crippen LogP contribution in [0.5, 0.6) is 0 Å². The molecule has 2 heterocycles. The predicted octanol–water partition coefficient (Wildman–Crippen LogP) is 3.13. The summed E-state index contributed by atoms with van der Waals surface area (Å²) in [5.41, 5.74) is 0.631. The molecule has 0 bridgehead atoms. The highest BCUT2D eigenvalue weighted by atomic mass is 16.4.